The van der Waals surface area contributed by atoms with Crippen LogP contribution in [-0.2, 0) is 14.8 Å². The average Bonchev–Trinajstić information content (AvgIpc) is 2.62. The van der Waals surface area contributed by atoms with Gasteiger partial charge in [-0.3, -0.25) is 9.52 Å². The summed E-state index contributed by atoms with van der Waals surface area (Å²) in [5.74, 6) is 0.852. The molecule has 3 rings (SSSR count). The maximum Gasteiger partial charge on any atom is 0.261 e. The molecule has 1 N–H and O–H groups in total. The summed E-state index contributed by atoms with van der Waals surface area (Å²) in [6, 6.07) is 10.2. The van der Waals surface area contributed by atoms with Gasteiger partial charge in [-0.1, -0.05) is 17.7 Å². The molecule has 138 valence electrons. The zero-order chi connectivity index (χ0) is 18.7. The van der Waals surface area contributed by atoms with Crippen molar-refractivity contribution in [1.29, 1.82) is 0 Å². The molecular formula is C18H22N4O3S. The lowest BCUT2D eigenvalue weighted by atomic mass is 10.2. The number of nitrogens with zero attached hydrogens (tertiary/aromatic N) is 3. The second-order valence-electron chi connectivity index (χ2n) is 6.32. The number of benzene rings is 1. The first kappa shape index (κ1) is 18.2. The van der Waals surface area contributed by atoms with Gasteiger partial charge >= 0.3 is 0 Å². The molecule has 1 aliphatic heterocycles. The third kappa shape index (κ3) is 4.13. The Balaban J connectivity index is 1.66. The third-order valence-electron chi connectivity index (χ3n) is 4.38. The van der Waals surface area contributed by atoms with E-state index in [0.717, 1.165) is 11.4 Å². The molecule has 1 aromatic heterocycles. The molecule has 0 unspecified atom stereocenters. The standard InChI is InChI=1S/C18H22N4O3S/c1-14-3-6-17(7-4-14)26(24,25)20-16-5-8-18(19-13-16)22-11-9-21(10-12-22)15(2)23/h3-8,13,20H,9-12H2,1-2H3. The number of hydrogen-bond acceptors (Lipinski definition) is 5. The third-order valence-corrected chi connectivity index (χ3v) is 5.78. The molecule has 0 aliphatic carbocycles. The van der Waals surface area contributed by atoms with Gasteiger partial charge in [-0.2, -0.15) is 0 Å². The highest BCUT2D eigenvalue weighted by Gasteiger charge is 2.20. The number of pyridine rings is 1. The number of aromatic nitrogens is 1. The Hall–Kier alpha value is -2.61. The highest BCUT2D eigenvalue weighted by Crippen LogP contribution is 2.19. The minimum absolute atomic E-state index is 0.0819. The summed E-state index contributed by atoms with van der Waals surface area (Å²) in [6.07, 6.45) is 1.51. The van der Waals surface area contributed by atoms with Crippen molar-refractivity contribution < 1.29 is 13.2 Å². The number of aryl methyl sites for hydroxylation is 1. The Kier molecular flexibility index (Phi) is 5.13. The van der Waals surface area contributed by atoms with E-state index in [0.29, 0.717) is 31.9 Å². The average molecular weight is 374 g/mol. The second-order valence-corrected chi connectivity index (χ2v) is 8.00. The van der Waals surface area contributed by atoms with Crippen LogP contribution in [0.15, 0.2) is 47.5 Å². The molecule has 1 amide bonds. The molecule has 1 fully saturated rings. The molecule has 7 nitrogen and oxygen atoms in total. The van der Waals surface area contributed by atoms with Crippen LogP contribution >= 0.6 is 0 Å². The van der Waals surface area contributed by atoms with E-state index in [4.69, 9.17) is 0 Å². The zero-order valence-corrected chi connectivity index (χ0v) is 15.7. The van der Waals surface area contributed by atoms with Crippen LogP contribution in [0.1, 0.15) is 12.5 Å². The topological polar surface area (TPSA) is 82.6 Å². The van der Waals surface area contributed by atoms with Gasteiger partial charge in [0.1, 0.15) is 5.82 Å². The van der Waals surface area contributed by atoms with Gasteiger partial charge in [0.25, 0.3) is 10.0 Å². The van der Waals surface area contributed by atoms with Crippen LogP contribution in [0, 0.1) is 6.92 Å². The van der Waals surface area contributed by atoms with Crippen LogP contribution in [0.2, 0.25) is 0 Å². The number of carbonyl (C=O) groups excluding carboxylic acids is 1. The molecule has 0 spiro atoms. The second kappa shape index (κ2) is 7.33. The fourth-order valence-electron chi connectivity index (χ4n) is 2.82. The Bertz CT molecular complexity index is 872. The van der Waals surface area contributed by atoms with Crippen LogP contribution in [0.4, 0.5) is 11.5 Å². The summed E-state index contributed by atoms with van der Waals surface area (Å²) in [4.78, 5) is 19.8. The number of nitrogens with one attached hydrogen (secondary N) is 1. The first-order valence-electron chi connectivity index (χ1n) is 8.41. The largest absolute Gasteiger partial charge is 0.353 e. The molecule has 0 saturated carbocycles. The molecule has 2 aromatic rings. The summed E-state index contributed by atoms with van der Waals surface area (Å²) >= 11 is 0. The van der Waals surface area contributed by atoms with E-state index in [9.17, 15) is 13.2 Å². The smallest absolute Gasteiger partial charge is 0.261 e. The Labute approximate surface area is 153 Å². The number of rotatable bonds is 4. The predicted octanol–water partition coefficient (Wildman–Crippen LogP) is 1.86. The van der Waals surface area contributed by atoms with Crippen molar-refractivity contribution in [3.05, 3.63) is 48.2 Å². The molecule has 26 heavy (non-hydrogen) atoms. The fraction of sp³-hybridized carbons (Fsp3) is 0.333. The van der Waals surface area contributed by atoms with Gasteiger partial charge in [0.15, 0.2) is 0 Å². The Morgan fingerprint density at radius 1 is 1.04 bits per heavy atom. The summed E-state index contributed by atoms with van der Waals surface area (Å²) < 4.78 is 27.4. The lowest BCUT2D eigenvalue weighted by Gasteiger charge is -2.34. The normalized spacial score (nSPS) is 15.0. The maximum atomic E-state index is 12.4. The number of piperazine rings is 1. The van der Waals surface area contributed by atoms with Gasteiger partial charge in [0.2, 0.25) is 5.91 Å². The molecule has 1 aromatic carbocycles. The minimum atomic E-state index is -3.63. The van der Waals surface area contributed by atoms with Crippen LogP contribution in [0.25, 0.3) is 0 Å². The summed E-state index contributed by atoms with van der Waals surface area (Å²) in [5, 5.41) is 0. The SMILES string of the molecule is CC(=O)N1CCN(c2ccc(NS(=O)(=O)c3ccc(C)cc3)cn2)CC1. The number of hydrogen-bond donors (Lipinski definition) is 1. The molecule has 0 bridgehead atoms. The highest BCUT2D eigenvalue weighted by atomic mass is 32.2. The molecule has 8 heteroatoms. The quantitative estimate of drug-likeness (QED) is 0.883. The van der Waals surface area contributed by atoms with E-state index in [1.54, 1.807) is 48.2 Å². The Morgan fingerprint density at radius 2 is 1.69 bits per heavy atom. The van der Waals surface area contributed by atoms with Crippen LogP contribution in [-0.4, -0.2) is 50.4 Å². The number of amides is 1. The van der Waals surface area contributed by atoms with Crippen molar-refractivity contribution in [1.82, 2.24) is 9.88 Å². The van der Waals surface area contributed by atoms with Crippen molar-refractivity contribution in [3.63, 3.8) is 0 Å². The van der Waals surface area contributed by atoms with Gasteiger partial charge in [0, 0.05) is 33.1 Å². The number of sulfonamides is 1. The highest BCUT2D eigenvalue weighted by molar-refractivity contribution is 7.92. The van der Waals surface area contributed by atoms with Crippen molar-refractivity contribution in [2.24, 2.45) is 0 Å². The summed E-state index contributed by atoms with van der Waals surface area (Å²) in [7, 11) is -3.63. The van der Waals surface area contributed by atoms with Gasteiger partial charge in [-0.25, -0.2) is 13.4 Å². The fourth-order valence-corrected chi connectivity index (χ4v) is 3.86. The molecule has 0 atom stereocenters. The molecule has 2 heterocycles. The first-order valence-corrected chi connectivity index (χ1v) is 9.89. The van der Waals surface area contributed by atoms with Gasteiger partial charge < -0.3 is 9.80 Å². The van der Waals surface area contributed by atoms with Gasteiger partial charge in [-0.05, 0) is 31.2 Å². The van der Waals surface area contributed by atoms with Crippen molar-refractivity contribution in [2.75, 3.05) is 35.8 Å². The zero-order valence-electron chi connectivity index (χ0n) is 14.8. The monoisotopic (exact) mass is 374 g/mol. The van der Waals surface area contributed by atoms with E-state index >= 15 is 0 Å². The van der Waals surface area contributed by atoms with E-state index < -0.39 is 10.0 Å². The lowest BCUT2D eigenvalue weighted by Crippen LogP contribution is -2.48. The Morgan fingerprint density at radius 3 is 2.23 bits per heavy atom. The van der Waals surface area contributed by atoms with Gasteiger partial charge in [0.05, 0.1) is 16.8 Å². The summed E-state index contributed by atoms with van der Waals surface area (Å²) in [6.45, 7) is 6.23. The van der Waals surface area contributed by atoms with Crippen LogP contribution < -0.4 is 9.62 Å². The van der Waals surface area contributed by atoms with Gasteiger partial charge in [-0.15, -0.1) is 0 Å². The van der Waals surface area contributed by atoms with Crippen LogP contribution in [0.3, 0.4) is 0 Å². The predicted molar refractivity (Wildman–Crippen MR) is 101 cm³/mol. The summed E-state index contributed by atoms with van der Waals surface area (Å²) in [5.41, 5.74) is 1.41. The minimum Gasteiger partial charge on any atom is -0.353 e. The molecule has 1 aliphatic rings. The van der Waals surface area contributed by atoms with Crippen molar-refractivity contribution >= 4 is 27.4 Å². The van der Waals surface area contributed by atoms with Crippen LogP contribution in [0.5, 0.6) is 0 Å². The van der Waals surface area contributed by atoms with Crippen molar-refractivity contribution in [3.8, 4) is 0 Å². The lowest BCUT2D eigenvalue weighted by molar-refractivity contribution is -0.129. The van der Waals surface area contributed by atoms with Crippen molar-refractivity contribution in [2.45, 2.75) is 18.7 Å². The van der Waals surface area contributed by atoms with E-state index in [1.165, 1.54) is 6.20 Å². The molecule has 0 radical (unpaired) electrons. The van der Waals surface area contributed by atoms with E-state index in [1.807, 2.05) is 6.92 Å². The molecular weight excluding hydrogens is 352 g/mol. The first-order chi connectivity index (χ1) is 12.3. The number of anilines is 2. The van der Waals surface area contributed by atoms with E-state index in [2.05, 4.69) is 14.6 Å². The van der Waals surface area contributed by atoms with E-state index in [-0.39, 0.29) is 10.8 Å². The maximum absolute atomic E-state index is 12.4. The number of carbonyl (C=O) groups is 1. The molecule has 1 saturated heterocycles.